The summed E-state index contributed by atoms with van der Waals surface area (Å²) < 4.78 is 2.42. The minimum atomic E-state index is 0. The summed E-state index contributed by atoms with van der Waals surface area (Å²) in [6.07, 6.45) is 1.92. The van der Waals surface area contributed by atoms with Gasteiger partial charge in [-0.1, -0.05) is 78.2 Å². The number of pyridine rings is 1. The van der Waals surface area contributed by atoms with Crippen molar-refractivity contribution in [3.8, 4) is 11.3 Å². The molecule has 220 valence electrons. The fraction of sp³-hybridized carbons (Fsp3) is 0.100. The maximum absolute atomic E-state index is 4.41. The summed E-state index contributed by atoms with van der Waals surface area (Å²) in [7, 11) is 2.10. The van der Waals surface area contributed by atoms with E-state index in [2.05, 4.69) is 163 Å². The van der Waals surface area contributed by atoms with E-state index in [4.69, 9.17) is 0 Å². The van der Waals surface area contributed by atoms with Crippen LogP contribution in [0.1, 0.15) is 16.7 Å². The fourth-order valence-electron chi connectivity index (χ4n) is 6.43. The molecule has 0 amide bonds. The minimum absolute atomic E-state index is 0. The second kappa shape index (κ2) is 11.3. The van der Waals surface area contributed by atoms with E-state index in [0.29, 0.717) is 0 Å². The van der Waals surface area contributed by atoms with Crippen LogP contribution in [0.25, 0.3) is 49.4 Å². The zero-order chi connectivity index (χ0) is 29.9. The number of aromatic nitrogens is 2. The minimum Gasteiger partial charge on any atom is -0.504 e. The molecule has 1 aliphatic heterocycles. The Morgan fingerprint density at radius 3 is 2.11 bits per heavy atom. The van der Waals surface area contributed by atoms with Gasteiger partial charge in [0.2, 0.25) is 0 Å². The molecule has 8 aromatic rings. The Morgan fingerprint density at radius 1 is 0.689 bits per heavy atom. The quantitative estimate of drug-likeness (QED) is 0.164. The molecule has 0 N–H and O–H groups in total. The molecule has 1 aliphatic rings. The van der Waals surface area contributed by atoms with Crippen molar-refractivity contribution < 1.29 is 20.1 Å². The predicted octanol–water partition coefficient (Wildman–Crippen LogP) is 9.82. The predicted molar refractivity (Wildman–Crippen MR) is 184 cm³/mol. The SMILES string of the molecule is CN1[CH-]N(c2[c-]cc3c4ccccc4n4c5ccccc5c2c34)c2ccccc21.Cc1c[c-]c(-c2cc(C)c(C)cn2)cc1.[Ir+3]. The van der Waals surface area contributed by atoms with Gasteiger partial charge in [0.05, 0.1) is 0 Å². The maximum Gasteiger partial charge on any atom is 3.00 e. The smallest absolute Gasteiger partial charge is 0.504 e. The summed E-state index contributed by atoms with van der Waals surface area (Å²) in [5.74, 6) is 0. The van der Waals surface area contributed by atoms with Crippen molar-refractivity contribution in [2.45, 2.75) is 20.8 Å². The second-order valence-corrected chi connectivity index (χ2v) is 11.7. The Balaban J connectivity index is 0.000000173. The average Bonchev–Trinajstić information content (AvgIpc) is 3.70. The van der Waals surface area contributed by atoms with Crippen molar-refractivity contribution in [2.24, 2.45) is 0 Å². The van der Waals surface area contributed by atoms with E-state index in [9.17, 15) is 0 Å². The molecule has 5 aromatic carbocycles. The van der Waals surface area contributed by atoms with Crippen LogP contribution in [0.2, 0.25) is 0 Å². The second-order valence-electron chi connectivity index (χ2n) is 11.7. The third-order valence-corrected chi connectivity index (χ3v) is 8.82. The third-order valence-electron chi connectivity index (χ3n) is 8.82. The Morgan fingerprint density at radius 2 is 1.38 bits per heavy atom. The summed E-state index contributed by atoms with van der Waals surface area (Å²) >= 11 is 0. The van der Waals surface area contributed by atoms with Gasteiger partial charge in [0.25, 0.3) is 0 Å². The molecule has 3 aromatic heterocycles. The summed E-state index contributed by atoms with van der Waals surface area (Å²) in [6, 6.07) is 43.2. The standard InChI is InChI=1S/C26H17N3.C14H14N.Ir/c1-27-16-28(23-13-7-6-12-22(23)27)24-15-14-18-17-8-2-4-10-20(17)29-21-11-5-3-9-19(21)25(24)26(18)29;1-10-4-6-13(7-5-10)14-8-11(2)12(3)9-15-14;/h2-14,16H,1H3;4-6,8-9H,1-3H3;/q-2;-1;+3. The van der Waals surface area contributed by atoms with Crippen molar-refractivity contribution >= 4 is 55.2 Å². The van der Waals surface area contributed by atoms with E-state index in [1.807, 2.05) is 12.3 Å². The Kier molecular flexibility index (Phi) is 7.32. The Bertz CT molecular complexity index is 2320. The number of hydrogen-bond acceptors (Lipinski definition) is 3. The van der Waals surface area contributed by atoms with Gasteiger partial charge in [-0.15, -0.1) is 40.8 Å². The molecule has 0 atom stereocenters. The number of para-hydroxylation sites is 4. The van der Waals surface area contributed by atoms with Gasteiger partial charge in [-0.3, -0.25) is 0 Å². The van der Waals surface area contributed by atoms with Crippen molar-refractivity contribution in [1.29, 1.82) is 0 Å². The first-order chi connectivity index (χ1) is 21.5. The molecule has 0 radical (unpaired) electrons. The third kappa shape index (κ3) is 4.66. The van der Waals surface area contributed by atoms with Crippen LogP contribution in [0.4, 0.5) is 17.1 Å². The van der Waals surface area contributed by atoms with Gasteiger partial charge >= 0.3 is 20.1 Å². The van der Waals surface area contributed by atoms with Crippen molar-refractivity contribution in [3.63, 3.8) is 0 Å². The largest absolute Gasteiger partial charge is 3.00 e. The fourth-order valence-corrected chi connectivity index (χ4v) is 6.43. The first kappa shape index (κ1) is 29.0. The van der Waals surface area contributed by atoms with Gasteiger partial charge in [-0.25, -0.2) is 0 Å². The van der Waals surface area contributed by atoms with Crippen LogP contribution in [0, 0.1) is 39.6 Å². The first-order valence-corrected chi connectivity index (χ1v) is 15.0. The molecule has 5 heteroatoms. The first-order valence-electron chi connectivity index (χ1n) is 15.0. The molecule has 4 nitrogen and oxygen atoms in total. The van der Waals surface area contributed by atoms with Gasteiger partial charge in [-0.2, -0.15) is 18.8 Å². The van der Waals surface area contributed by atoms with E-state index < -0.39 is 0 Å². The van der Waals surface area contributed by atoms with E-state index in [1.54, 1.807) is 0 Å². The van der Waals surface area contributed by atoms with Gasteiger partial charge in [0.1, 0.15) is 0 Å². The van der Waals surface area contributed by atoms with Crippen LogP contribution < -0.4 is 9.80 Å². The van der Waals surface area contributed by atoms with Crippen LogP contribution in [0.15, 0.2) is 109 Å². The molecular formula is C40H31IrN4. The normalized spacial score (nSPS) is 12.5. The molecule has 0 bridgehead atoms. The number of fused-ring (bicyclic) bond motifs is 7. The Labute approximate surface area is 277 Å². The topological polar surface area (TPSA) is 23.8 Å². The monoisotopic (exact) mass is 760 g/mol. The van der Waals surface area contributed by atoms with Crippen LogP contribution >= 0.6 is 0 Å². The Hall–Kier alpha value is -4.70. The van der Waals surface area contributed by atoms with Crippen LogP contribution in [-0.4, -0.2) is 16.4 Å². The molecule has 9 rings (SSSR count). The van der Waals surface area contributed by atoms with Crippen molar-refractivity contribution in [2.75, 3.05) is 16.8 Å². The summed E-state index contributed by atoms with van der Waals surface area (Å²) in [5.41, 5.74) is 13.1. The van der Waals surface area contributed by atoms with E-state index in [1.165, 1.54) is 66.2 Å². The zero-order valence-electron chi connectivity index (χ0n) is 25.6. The number of rotatable bonds is 2. The molecule has 0 unspecified atom stereocenters. The molecule has 4 heterocycles. The summed E-state index contributed by atoms with van der Waals surface area (Å²) in [5, 5.41) is 5.07. The maximum atomic E-state index is 4.41. The van der Waals surface area contributed by atoms with E-state index in [0.717, 1.165) is 16.9 Å². The molecule has 0 spiro atoms. The van der Waals surface area contributed by atoms with E-state index in [-0.39, 0.29) is 20.1 Å². The van der Waals surface area contributed by atoms with Crippen molar-refractivity contribution in [1.82, 2.24) is 9.38 Å². The van der Waals surface area contributed by atoms with Gasteiger partial charge in [0, 0.05) is 28.6 Å². The summed E-state index contributed by atoms with van der Waals surface area (Å²) in [4.78, 5) is 8.86. The van der Waals surface area contributed by atoms with Gasteiger partial charge in [-0.05, 0) is 72.7 Å². The molecule has 0 fully saturated rings. The van der Waals surface area contributed by atoms with Gasteiger partial charge in [0.15, 0.2) is 0 Å². The number of aryl methyl sites for hydroxylation is 3. The van der Waals surface area contributed by atoms with Crippen LogP contribution in [-0.2, 0) is 20.1 Å². The average molecular weight is 760 g/mol. The van der Waals surface area contributed by atoms with Crippen molar-refractivity contribution in [3.05, 3.63) is 145 Å². The van der Waals surface area contributed by atoms with E-state index >= 15 is 0 Å². The zero-order valence-corrected chi connectivity index (χ0v) is 28.0. The van der Waals surface area contributed by atoms with Gasteiger partial charge < -0.3 is 19.2 Å². The number of anilines is 3. The summed E-state index contributed by atoms with van der Waals surface area (Å²) in [6.45, 7) is 8.40. The molecule has 0 saturated carbocycles. The van der Waals surface area contributed by atoms with Crippen LogP contribution in [0.3, 0.4) is 0 Å². The number of nitrogens with zero attached hydrogens (tertiary/aromatic N) is 4. The molecule has 45 heavy (non-hydrogen) atoms. The number of hydrogen-bond donors (Lipinski definition) is 0. The van der Waals surface area contributed by atoms with Crippen LogP contribution in [0.5, 0.6) is 0 Å². The molecule has 0 aliphatic carbocycles. The molecule has 0 saturated heterocycles. The number of benzene rings is 5. The molecular weight excluding hydrogens is 729 g/mol.